The van der Waals surface area contributed by atoms with Crippen molar-refractivity contribution in [2.45, 2.75) is 12.6 Å². The Hall–Kier alpha value is -2.50. The molecule has 4 nitrogen and oxygen atoms in total. The molecule has 0 spiro atoms. The number of halogens is 1. The van der Waals surface area contributed by atoms with Gasteiger partial charge in [0.2, 0.25) is 0 Å². The van der Waals surface area contributed by atoms with Crippen LogP contribution in [0.1, 0.15) is 17.2 Å². The van der Waals surface area contributed by atoms with Crippen LogP contribution < -0.4 is 10.9 Å². The summed E-state index contributed by atoms with van der Waals surface area (Å²) in [4.78, 5) is 17.6. The van der Waals surface area contributed by atoms with Crippen LogP contribution in [0.15, 0.2) is 59.4 Å². The molecule has 0 aliphatic carbocycles. The summed E-state index contributed by atoms with van der Waals surface area (Å²) >= 11 is 0. The van der Waals surface area contributed by atoms with E-state index in [9.17, 15) is 9.18 Å². The van der Waals surface area contributed by atoms with Crippen molar-refractivity contribution in [2.24, 2.45) is 0 Å². The first-order chi connectivity index (χ1) is 12.2. The number of aromatic amines is 1. The molecule has 1 saturated heterocycles. The SMILES string of the molecule is O=c1[nH]c2ccccc2cc1CN1CCNCC1c1cccc(F)c1. The number of piperazine rings is 1. The van der Waals surface area contributed by atoms with Gasteiger partial charge < -0.3 is 10.3 Å². The maximum absolute atomic E-state index is 13.6. The summed E-state index contributed by atoms with van der Waals surface area (Å²) in [5.41, 5.74) is 2.46. The lowest BCUT2D eigenvalue weighted by molar-refractivity contribution is 0.153. The normalized spacial score (nSPS) is 18.5. The van der Waals surface area contributed by atoms with E-state index in [0.29, 0.717) is 6.54 Å². The van der Waals surface area contributed by atoms with E-state index in [1.807, 2.05) is 36.4 Å². The van der Waals surface area contributed by atoms with E-state index in [1.54, 1.807) is 12.1 Å². The minimum atomic E-state index is -0.230. The lowest BCUT2D eigenvalue weighted by atomic mass is 10.0. The van der Waals surface area contributed by atoms with Gasteiger partial charge in [-0.25, -0.2) is 4.39 Å². The number of rotatable bonds is 3. The molecular formula is C20H20FN3O. The molecule has 3 aromatic rings. The third-order valence-electron chi connectivity index (χ3n) is 4.79. The second kappa shape index (κ2) is 6.78. The molecule has 128 valence electrons. The zero-order valence-electron chi connectivity index (χ0n) is 13.8. The maximum Gasteiger partial charge on any atom is 0.252 e. The summed E-state index contributed by atoms with van der Waals surface area (Å²) < 4.78 is 13.6. The Balaban J connectivity index is 1.66. The van der Waals surface area contributed by atoms with Gasteiger partial charge in [0.25, 0.3) is 5.56 Å². The van der Waals surface area contributed by atoms with Crippen LogP contribution in [0.5, 0.6) is 0 Å². The average Bonchev–Trinajstić information content (AvgIpc) is 2.63. The molecule has 5 heteroatoms. The minimum absolute atomic E-state index is 0.0512. The first-order valence-corrected chi connectivity index (χ1v) is 8.52. The van der Waals surface area contributed by atoms with Gasteiger partial charge in [-0.2, -0.15) is 0 Å². The molecule has 1 aromatic heterocycles. The molecule has 1 aliphatic rings. The van der Waals surface area contributed by atoms with E-state index in [1.165, 1.54) is 6.07 Å². The number of hydrogen-bond acceptors (Lipinski definition) is 3. The predicted molar refractivity (Wildman–Crippen MR) is 97.0 cm³/mol. The molecule has 2 N–H and O–H groups in total. The Morgan fingerprint density at radius 2 is 2.00 bits per heavy atom. The van der Waals surface area contributed by atoms with Gasteiger partial charge in [0.1, 0.15) is 5.82 Å². The molecule has 0 amide bonds. The van der Waals surface area contributed by atoms with Crippen molar-refractivity contribution in [3.05, 3.63) is 81.9 Å². The summed E-state index contributed by atoms with van der Waals surface area (Å²) in [6.07, 6.45) is 0. The highest BCUT2D eigenvalue weighted by Crippen LogP contribution is 2.24. The van der Waals surface area contributed by atoms with E-state index < -0.39 is 0 Å². The van der Waals surface area contributed by atoms with Gasteiger partial charge in [-0.3, -0.25) is 9.69 Å². The van der Waals surface area contributed by atoms with Gasteiger partial charge in [-0.15, -0.1) is 0 Å². The average molecular weight is 337 g/mol. The second-order valence-corrected chi connectivity index (χ2v) is 6.46. The molecule has 25 heavy (non-hydrogen) atoms. The van der Waals surface area contributed by atoms with Crippen molar-refractivity contribution in [2.75, 3.05) is 19.6 Å². The molecule has 1 fully saturated rings. The highest BCUT2D eigenvalue weighted by molar-refractivity contribution is 5.78. The van der Waals surface area contributed by atoms with Crippen molar-refractivity contribution in [1.29, 1.82) is 0 Å². The molecule has 1 unspecified atom stereocenters. The zero-order chi connectivity index (χ0) is 17.2. The molecule has 0 radical (unpaired) electrons. The van der Waals surface area contributed by atoms with Crippen molar-refractivity contribution in [3.8, 4) is 0 Å². The molecule has 1 atom stereocenters. The van der Waals surface area contributed by atoms with Crippen LogP contribution >= 0.6 is 0 Å². The fourth-order valence-electron chi connectivity index (χ4n) is 3.51. The fourth-order valence-corrected chi connectivity index (χ4v) is 3.51. The third-order valence-corrected chi connectivity index (χ3v) is 4.79. The van der Waals surface area contributed by atoms with Crippen molar-refractivity contribution < 1.29 is 4.39 Å². The van der Waals surface area contributed by atoms with Gasteiger partial charge in [-0.1, -0.05) is 30.3 Å². The summed E-state index contributed by atoms with van der Waals surface area (Å²) in [7, 11) is 0. The molecule has 2 heterocycles. The number of aromatic nitrogens is 1. The number of nitrogens with zero attached hydrogens (tertiary/aromatic N) is 1. The number of H-pyrrole nitrogens is 1. The number of hydrogen-bond donors (Lipinski definition) is 2. The number of para-hydroxylation sites is 1. The number of benzene rings is 2. The Bertz CT molecular complexity index is 953. The summed E-state index contributed by atoms with van der Waals surface area (Å²) in [5, 5.41) is 4.39. The third kappa shape index (κ3) is 3.34. The van der Waals surface area contributed by atoms with Gasteiger partial charge in [-0.05, 0) is 35.2 Å². The largest absolute Gasteiger partial charge is 0.322 e. The number of fused-ring (bicyclic) bond motifs is 1. The quantitative estimate of drug-likeness (QED) is 0.773. The van der Waals surface area contributed by atoms with Crippen LogP contribution in [0.4, 0.5) is 4.39 Å². The molecule has 1 aliphatic heterocycles. The molecule has 0 bridgehead atoms. The highest BCUT2D eigenvalue weighted by atomic mass is 19.1. The van der Waals surface area contributed by atoms with Crippen molar-refractivity contribution in [3.63, 3.8) is 0 Å². The van der Waals surface area contributed by atoms with Gasteiger partial charge in [0, 0.05) is 43.3 Å². The van der Waals surface area contributed by atoms with E-state index in [2.05, 4.69) is 15.2 Å². The molecule has 0 saturated carbocycles. The van der Waals surface area contributed by atoms with E-state index in [4.69, 9.17) is 0 Å². The topological polar surface area (TPSA) is 48.1 Å². The molecular weight excluding hydrogens is 317 g/mol. The highest BCUT2D eigenvalue weighted by Gasteiger charge is 2.24. The van der Waals surface area contributed by atoms with Crippen LogP contribution in [-0.4, -0.2) is 29.5 Å². The van der Waals surface area contributed by atoms with E-state index in [-0.39, 0.29) is 17.4 Å². The maximum atomic E-state index is 13.6. The Morgan fingerprint density at radius 1 is 1.12 bits per heavy atom. The monoisotopic (exact) mass is 337 g/mol. The van der Waals surface area contributed by atoms with Crippen LogP contribution in [0, 0.1) is 5.82 Å². The second-order valence-electron chi connectivity index (χ2n) is 6.46. The first-order valence-electron chi connectivity index (χ1n) is 8.52. The fraction of sp³-hybridized carbons (Fsp3) is 0.250. The van der Waals surface area contributed by atoms with Gasteiger partial charge in [0.05, 0.1) is 0 Å². The van der Waals surface area contributed by atoms with Gasteiger partial charge in [0.15, 0.2) is 0 Å². The Kier molecular flexibility index (Phi) is 4.34. The van der Waals surface area contributed by atoms with Crippen LogP contribution in [0.25, 0.3) is 10.9 Å². The summed E-state index contributed by atoms with van der Waals surface area (Å²) in [6.45, 7) is 2.96. The van der Waals surface area contributed by atoms with Gasteiger partial charge >= 0.3 is 0 Å². The Morgan fingerprint density at radius 3 is 2.88 bits per heavy atom. The van der Waals surface area contributed by atoms with Crippen molar-refractivity contribution in [1.82, 2.24) is 15.2 Å². The number of pyridine rings is 1. The standard InChI is InChI=1S/C20H20FN3O/c21-17-6-3-5-15(11-17)19-12-22-8-9-24(19)13-16-10-14-4-1-2-7-18(14)23-20(16)25/h1-7,10-11,19,22H,8-9,12-13H2,(H,23,25). The predicted octanol–water partition coefficient (Wildman–Crippen LogP) is 2.81. The van der Waals surface area contributed by atoms with Crippen LogP contribution in [0.3, 0.4) is 0 Å². The lowest BCUT2D eigenvalue weighted by Crippen LogP contribution is -2.46. The van der Waals surface area contributed by atoms with Crippen LogP contribution in [0.2, 0.25) is 0 Å². The smallest absolute Gasteiger partial charge is 0.252 e. The van der Waals surface area contributed by atoms with E-state index in [0.717, 1.165) is 41.7 Å². The van der Waals surface area contributed by atoms with E-state index >= 15 is 0 Å². The zero-order valence-corrected chi connectivity index (χ0v) is 13.8. The molecule has 2 aromatic carbocycles. The van der Waals surface area contributed by atoms with Crippen LogP contribution in [-0.2, 0) is 6.54 Å². The molecule has 4 rings (SSSR count). The summed E-state index contributed by atoms with van der Waals surface area (Å²) in [6, 6.07) is 16.5. The van der Waals surface area contributed by atoms with Crippen molar-refractivity contribution >= 4 is 10.9 Å². The number of nitrogens with one attached hydrogen (secondary N) is 2. The first kappa shape index (κ1) is 16.0. The lowest BCUT2D eigenvalue weighted by Gasteiger charge is -2.36. The summed E-state index contributed by atoms with van der Waals surface area (Å²) in [5.74, 6) is -0.230. The minimum Gasteiger partial charge on any atom is -0.322 e. The Labute approximate surface area is 145 Å².